The molecule has 0 amide bonds. The molecule has 1 unspecified atom stereocenters. The molecule has 9 heteroatoms. The average Bonchev–Trinajstić information content (AvgIpc) is 2.82. The Bertz CT molecular complexity index is 1300. The number of benzene rings is 2. The normalized spacial score (nSPS) is 23.3. The first-order valence-electron chi connectivity index (χ1n) is 11.8. The summed E-state index contributed by atoms with van der Waals surface area (Å²) in [4.78, 5) is 15.8. The number of likely N-dealkylation sites (tertiary alicyclic amines) is 1. The molecule has 3 aliphatic rings. The fraction of sp³-hybridized carbons (Fsp3) is 0.462. The van der Waals surface area contributed by atoms with Crippen molar-refractivity contribution in [1.29, 1.82) is 5.26 Å². The summed E-state index contributed by atoms with van der Waals surface area (Å²) in [5.41, 5.74) is 3.64. The van der Waals surface area contributed by atoms with Crippen LogP contribution in [0.1, 0.15) is 53.2 Å². The van der Waals surface area contributed by atoms with Crippen LogP contribution in [0, 0.1) is 17.2 Å². The molecule has 2 heterocycles. The van der Waals surface area contributed by atoms with E-state index in [2.05, 4.69) is 21.8 Å². The van der Waals surface area contributed by atoms with Crippen molar-refractivity contribution in [3.63, 3.8) is 0 Å². The lowest BCUT2D eigenvalue weighted by atomic mass is 9.74. The Kier molecular flexibility index (Phi) is 6.89. The van der Waals surface area contributed by atoms with E-state index in [-0.39, 0.29) is 24.1 Å². The zero-order valence-electron chi connectivity index (χ0n) is 19.9. The molecule has 5 rings (SSSR count). The summed E-state index contributed by atoms with van der Waals surface area (Å²) in [6, 6.07) is 13.6. The molecular weight excluding hydrogens is 486 g/mol. The van der Waals surface area contributed by atoms with Crippen molar-refractivity contribution in [3.05, 3.63) is 58.7 Å². The third kappa shape index (κ3) is 4.90. The lowest BCUT2D eigenvalue weighted by Gasteiger charge is -2.49. The number of halogens is 1. The van der Waals surface area contributed by atoms with Crippen molar-refractivity contribution >= 4 is 33.9 Å². The smallest absolute Gasteiger partial charge is 0.229 e. The van der Waals surface area contributed by atoms with Crippen LogP contribution in [0.25, 0.3) is 0 Å². The van der Waals surface area contributed by atoms with Gasteiger partial charge >= 0.3 is 0 Å². The van der Waals surface area contributed by atoms with E-state index in [1.807, 2.05) is 19.1 Å². The fourth-order valence-corrected chi connectivity index (χ4v) is 6.34. The summed E-state index contributed by atoms with van der Waals surface area (Å²) in [6.07, 6.45) is 5.69. The van der Waals surface area contributed by atoms with Gasteiger partial charge in [0, 0.05) is 37.7 Å². The van der Waals surface area contributed by atoms with Gasteiger partial charge in [0.15, 0.2) is 5.78 Å². The van der Waals surface area contributed by atoms with Gasteiger partial charge in [0.05, 0.1) is 29.4 Å². The summed E-state index contributed by atoms with van der Waals surface area (Å²) in [6.45, 7) is 3.68. The predicted molar refractivity (Wildman–Crippen MR) is 137 cm³/mol. The number of nitrogens with one attached hydrogen (secondary N) is 1. The van der Waals surface area contributed by atoms with Crippen LogP contribution in [0.3, 0.4) is 0 Å². The molecule has 1 spiro atoms. The number of piperidine rings is 1. The van der Waals surface area contributed by atoms with Gasteiger partial charge in [0.1, 0.15) is 11.4 Å². The summed E-state index contributed by atoms with van der Waals surface area (Å²) >= 11 is 0. The van der Waals surface area contributed by atoms with Crippen LogP contribution in [-0.2, 0) is 22.9 Å². The molecule has 1 fully saturated rings. The summed E-state index contributed by atoms with van der Waals surface area (Å²) in [5.74, 6) is 0.245. The molecule has 1 aliphatic carbocycles. The molecule has 2 atom stereocenters. The predicted octanol–water partition coefficient (Wildman–Crippen LogP) is 3.95. The molecule has 35 heavy (non-hydrogen) atoms. The number of nitriles is 1. The molecule has 0 bridgehead atoms. The second-order valence-electron chi connectivity index (χ2n) is 9.87. The van der Waals surface area contributed by atoms with Gasteiger partial charge in [-0.3, -0.25) is 14.4 Å². The molecule has 2 aliphatic heterocycles. The number of fused-ring (bicyclic) bond motifs is 2. The number of nitrogens with zero attached hydrogens (tertiary/aromatic N) is 2. The second-order valence-corrected chi connectivity index (χ2v) is 11.6. The maximum atomic E-state index is 13.3. The van der Waals surface area contributed by atoms with Crippen molar-refractivity contribution in [2.24, 2.45) is 5.92 Å². The summed E-state index contributed by atoms with van der Waals surface area (Å²) in [5, 5.41) is 9.15. The van der Waals surface area contributed by atoms with Gasteiger partial charge in [-0.05, 0) is 60.7 Å². The Morgan fingerprint density at radius 3 is 2.57 bits per heavy atom. The van der Waals surface area contributed by atoms with Crippen molar-refractivity contribution in [1.82, 2.24) is 4.90 Å². The molecule has 1 saturated heterocycles. The van der Waals surface area contributed by atoms with Crippen LogP contribution in [0.2, 0.25) is 0 Å². The number of carbonyl (C=O) groups is 1. The maximum Gasteiger partial charge on any atom is 0.229 e. The van der Waals surface area contributed by atoms with Crippen LogP contribution in [0.4, 0.5) is 5.69 Å². The molecule has 2 aromatic carbocycles. The van der Waals surface area contributed by atoms with E-state index in [1.165, 1.54) is 11.1 Å². The zero-order valence-corrected chi connectivity index (χ0v) is 21.5. The zero-order chi connectivity index (χ0) is 24.1. The van der Waals surface area contributed by atoms with E-state index < -0.39 is 15.6 Å². The lowest BCUT2D eigenvalue weighted by molar-refractivity contribution is -0.0475. The highest BCUT2D eigenvalue weighted by Gasteiger charge is 2.49. The van der Waals surface area contributed by atoms with E-state index in [1.54, 1.807) is 18.2 Å². The maximum absolute atomic E-state index is 13.3. The Balaban J connectivity index is 0.00000289. The highest BCUT2D eigenvalue weighted by molar-refractivity contribution is 7.92. The third-order valence-electron chi connectivity index (χ3n) is 7.74. The number of carbonyl (C=O) groups excluding carboxylic acids is 1. The number of hydrogen-bond acceptors (Lipinski definition) is 6. The number of ether oxygens (including phenoxy) is 1. The molecule has 0 radical (unpaired) electrons. The van der Waals surface area contributed by atoms with E-state index >= 15 is 0 Å². The first kappa shape index (κ1) is 25.5. The minimum Gasteiger partial charge on any atom is -0.486 e. The molecule has 1 N–H and O–H groups in total. The number of anilines is 1. The number of Topliss-reactive ketones (excluding diaryl/α,β-unsaturated/α-hetero) is 1. The van der Waals surface area contributed by atoms with Crippen molar-refractivity contribution < 1.29 is 17.9 Å². The van der Waals surface area contributed by atoms with E-state index in [0.717, 1.165) is 57.0 Å². The molecule has 2 aromatic rings. The van der Waals surface area contributed by atoms with Crippen molar-refractivity contribution in [3.8, 4) is 11.8 Å². The Labute approximate surface area is 212 Å². The van der Waals surface area contributed by atoms with E-state index in [4.69, 9.17) is 10.00 Å². The minimum absolute atomic E-state index is 0. The van der Waals surface area contributed by atoms with Gasteiger partial charge in [-0.25, -0.2) is 8.42 Å². The summed E-state index contributed by atoms with van der Waals surface area (Å²) < 4.78 is 32.1. The van der Waals surface area contributed by atoms with E-state index in [9.17, 15) is 13.2 Å². The highest BCUT2D eigenvalue weighted by atomic mass is 35.5. The molecule has 0 saturated carbocycles. The number of rotatable bonds is 3. The molecule has 0 aromatic heterocycles. The Morgan fingerprint density at radius 2 is 1.89 bits per heavy atom. The monoisotopic (exact) mass is 515 g/mol. The number of sulfonamides is 1. The van der Waals surface area contributed by atoms with Crippen LogP contribution >= 0.6 is 12.4 Å². The number of hydrogen-bond donors (Lipinski definition) is 1. The summed E-state index contributed by atoms with van der Waals surface area (Å²) in [7, 11) is -3.42. The first-order chi connectivity index (χ1) is 16.2. The minimum atomic E-state index is -3.42. The van der Waals surface area contributed by atoms with Gasteiger partial charge in [0.2, 0.25) is 10.0 Å². The molecule has 186 valence electrons. The largest absolute Gasteiger partial charge is 0.486 e. The SMILES string of the molecule is CC1C(=O)c2cc(NS(C)(=O)=O)ccc2OC12CCN([C@@H]1CCc3cc(C#N)ccc3C1)CC2.Cl. The molecular formula is C26H30ClN3O4S. The van der Waals surface area contributed by atoms with Crippen LogP contribution in [0.5, 0.6) is 5.75 Å². The third-order valence-corrected chi connectivity index (χ3v) is 8.35. The van der Waals surface area contributed by atoms with Gasteiger partial charge in [-0.1, -0.05) is 13.0 Å². The van der Waals surface area contributed by atoms with Crippen LogP contribution in [-0.4, -0.2) is 50.1 Å². The lowest BCUT2D eigenvalue weighted by Crippen LogP contribution is -2.57. The van der Waals surface area contributed by atoms with Crippen LogP contribution in [0.15, 0.2) is 36.4 Å². The van der Waals surface area contributed by atoms with Gasteiger partial charge < -0.3 is 4.74 Å². The van der Waals surface area contributed by atoms with Gasteiger partial charge in [0.25, 0.3) is 0 Å². The quantitative estimate of drug-likeness (QED) is 0.664. The highest BCUT2D eigenvalue weighted by Crippen LogP contribution is 2.44. The van der Waals surface area contributed by atoms with Crippen molar-refractivity contribution in [2.45, 2.75) is 50.7 Å². The number of aryl methyl sites for hydroxylation is 1. The Morgan fingerprint density at radius 1 is 1.14 bits per heavy atom. The van der Waals surface area contributed by atoms with Crippen LogP contribution < -0.4 is 9.46 Å². The van der Waals surface area contributed by atoms with E-state index in [0.29, 0.717) is 23.0 Å². The Hall–Kier alpha value is -2.60. The molecule has 7 nitrogen and oxygen atoms in total. The van der Waals surface area contributed by atoms with Gasteiger partial charge in [-0.15, -0.1) is 12.4 Å². The van der Waals surface area contributed by atoms with Gasteiger partial charge in [-0.2, -0.15) is 5.26 Å². The average molecular weight is 516 g/mol. The topological polar surface area (TPSA) is 99.5 Å². The second kappa shape index (κ2) is 9.45. The first-order valence-corrected chi connectivity index (χ1v) is 13.7. The van der Waals surface area contributed by atoms with Crippen molar-refractivity contribution in [2.75, 3.05) is 24.1 Å². The fourth-order valence-electron chi connectivity index (χ4n) is 5.79. The number of ketones is 1. The standard InChI is InChI=1S/C26H29N3O4S.ClH/c1-17-25(30)23-15-21(28-34(2,31)32)6-8-24(23)33-26(17)9-11-29(12-10-26)22-7-5-19-13-18(16-27)3-4-20(19)14-22;/h3-4,6,8,13,15,17,22,28H,5,7,9-12,14H2,1-2H3;1H/t17?,22-;/m1./s1.